The number of hydrogen-bond donors (Lipinski definition) is 2. The zero-order valence-electron chi connectivity index (χ0n) is 15.7. The highest BCUT2D eigenvalue weighted by atomic mass is 32.2. The van der Waals surface area contributed by atoms with Crippen molar-refractivity contribution < 1.29 is 18.7 Å². The normalized spacial score (nSPS) is 15.1. The fourth-order valence-corrected chi connectivity index (χ4v) is 3.82. The van der Waals surface area contributed by atoms with Crippen LogP contribution in [0.25, 0.3) is 5.70 Å². The number of carbonyl (C=O) groups is 2. The Morgan fingerprint density at radius 1 is 1.38 bits per heavy atom. The van der Waals surface area contributed by atoms with Crippen LogP contribution >= 0.6 is 11.8 Å². The second-order valence-electron chi connectivity index (χ2n) is 6.70. The molecule has 1 aromatic carbocycles. The van der Waals surface area contributed by atoms with Crippen LogP contribution in [0.15, 0.2) is 41.0 Å². The number of aliphatic imine (C=N–C) groups is 1. The second kappa shape index (κ2) is 8.12. The summed E-state index contributed by atoms with van der Waals surface area (Å²) in [5.41, 5.74) is 2.22. The molecule has 9 heteroatoms. The maximum Gasteiger partial charge on any atom is 0.253 e. The summed E-state index contributed by atoms with van der Waals surface area (Å²) in [5.74, 6) is 0.463. The van der Waals surface area contributed by atoms with E-state index in [9.17, 15) is 14.0 Å². The summed E-state index contributed by atoms with van der Waals surface area (Å²) in [7, 11) is 1.81. The lowest BCUT2D eigenvalue weighted by molar-refractivity contribution is -0.118. The summed E-state index contributed by atoms with van der Waals surface area (Å²) in [4.78, 5) is 28.6. The number of fused-ring (bicyclic) bond motifs is 1. The first kappa shape index (κ1) is 19.3. The summed E-state index contributed by atoms with van der Waals surface area (Å²) in [6.07, 6.45) is 3.99. The topological polar surface area (TPSA) is 84.7 Å². The Morgan fingerprint density at radius 2 is 2.24 bits per heavy atom. The predicted octanol–water partition coefficient (Wildman–Crippen LogP) is 2.09. The first-order valence-corrected chi connectivity index (χ1v) is 10.1. The molecule has 2 aromatic rings. The van der Waals surface area contributed by atoms with Crippen molar-refractivity contribution in [2.45, 2.75) is 6.42 Å². The minimum atomic E-state index is -0.377. The Hall–Kier alpha value is -3.07. The highest BCUT2D eigenvalue weighted by molar-refractivity contribution is 8.03. The van der Waals surface area contributed by atoms with Crippen LogP contribution in [0.3, 0.4) is 0 Å². The molecule has 29 heavy (non-hydrogen) atoms. The van der Waals surface area contributed by atoms with Crippen molar-refractivity contribution in [1.82, 2.24) is 15.2 Å². The first-order valence-electron chi connectivity index (χ1n) is 9.04. The van der Waals surface area contributed by atoms with Crippen LogP contribution in [0.2, 0.25) is 0 Å². The maximum atomic E-state index is 14.3. The van der Waals surface area contributed by atoms with E-state index >= 15 is 0 Å². The average molecular weight is 414 g/mol. The molecule has 2 amide bonds. The van der Waals surface area contributed by atoms with Gasteiger partial charge < -0.3 is 19.9 Å². The highest BCUT2D eigenvalue weighted by Crippen LogP contribution is 2.33. The van der Waals surface area contributed by atoms with Gasteiger partial charge in [0.05, 0.1) is 30.2 Å². The molecule has 150 valence electrons. The van der Waals surface area contributed by atoms with Crippen LogP contribution in [0.5, 0.6) is 5.75 Å². The number of nitrogens with one attached hydrogen (secondary N) is 2. The van der Waals surface area contributed by atoms with Crippen LogP contribution in [0, 0.1) is 5.82 Å². The lowest BCUT2D eigenvalue weighted by atomic mass is 10.1. The van der Waals surface area contributed by atoms with Gasteiger partial charge in [-0.15, -0.1) is 11.8 Å². The van der Waals surface area contributed by atoms with Gasteiger partial charge in [0.25, 0.3) is 5.91 Å². The van der Waals surface area contributed by atoms with E-state index in [0.717, 1.165) is 0 Å². The van der Waals surface area contributed by atoms with Crippen molar-refractivity contribution in [3.05, 3.63) is 58.5 Å². The van der Waals surface area contributed by atoms with Gasteiger partial charge in [0.2, 0.25) is 5.91 Å². The molecular formula is C20H19FN4O3S. The number of hydrogen-bond acceptors (Lipinski definition) is 5. The van der Waals surface area contributed by atoms with E-state index in [4.69, 9.17) is 4.74 Å². The van der Waals surface area contributed by atoms with E-state index in [1.54, 1.807) is 29.1 Å². The quantitative estimate of drug-likeness (QED) is 0.802. The second-order valence-corrected chi connectivity index (χ2v) is 7.56. The van der Waals surface area contributed by atoms with Crippen molar-refractivity contribution >= 4 is 35.1 Å². The van der Waals surface area contributed by atoms with Crippen LogP contribution in [0.1, 0.15) is 21.5 Å². The number of ether oxygens (including phenoxy) is 1. The number of thioether (sulfide) groups is 1. The molecule has 0 spiro atoms. The molecule has 0 unspecified atom stereocenters. The van der Waals surface area contributed by atoms with Crippen molar-refractivity contribution in [2.24, 2.45) is 12.0 Å². The molecular weight excluding hydrogens is 395 g/mol. The third kappa shape index (κ3) is 4.34. The number of aromatic nitrogens is 1. The van der Waals surface area contributed by atoms with Crippen molar-refractivity contribution in [3.8, 4) is 5.75 Å². The standard InChI is InChI=1S/C20H19FN4O3S/c1-25-4-2-12(9-25)20(27)22-8-19(26)24-18-11-29-10-16(23-18)13-6-15(21)14-3-5-28-17(14)7-13/h2,4,6-7,9-10H,3,5,8,11H2,1H3,(H,22,27)(H,23,24,26). The largest absolute Gasteiger partial charge is 0.493 e. The van der Waals surface area contributed by atoms with Crippen molar-refractivity contribution in [1.29, 1.82) is 0 Å². The molecule has 3 heterocycles. The minimum Gasteiger partial charge on any atom is -0.493 e. The van der Waals surface area contributed by atoms with Gasteiger partial charge in [0, 0.05) is 37.0 Å². The van der Waals surface area contributed by atoms with E-state index in [2.05, 4.69) is 15.6 Å². The van der Waals surface area contributed by atoms with Crippen molar-refractivity contribution in [2.75, 3.05) is 18.9 Å². The van der Waals surface area contributed by atoms with Gasteiger partial charge in [-0.1, -0.05) is 0 Å². The van der Waals surface area contributed by atoms with E-state index < -0.39 is 0 Å². The summed E-state index contributed by atoms with van der Waals surface area (Å²) in [5, 5.41) is 7.10. The Morgan fingerprint density at radius 3 is 3.03 bits per heavy atom. The lowest BCUT2D eigenvalue weighted by Crippen LogP contribution is -2.40. The van der Waals surface area contributed by atoms with Crippen molar-refractivity contribution in [3.63, 3.8) is 0 Å². The zero-order valence-corrected chi connectivity index (χ0v) is 16.5. The number of amidine groups is 1. The molecule has 0 radical (unpaired) electrons. The molecule has 2 aliphatic heterocycles. The molecule has 0 saturated carbocycles. The van der Waals surface area contributed by atoms with Gasteiger partial charge in [-0.3, -0.25) is 9.59 Å². The van der Waals surface area contributed by atoms with Gasteiger partial charge in [0.15, 0.2) is 0 Å². The molecule has 0 fully saturated rings. The Labute approximate surface area is 171 Å². The van der Waals surface area contributed by atoms with E-state index in [1.807, 2.05) is 12.5 Å². The van der Waals surface area contributed by atoms with E-state index in [0.29, 0.717) is 52.8 Å². The van der Waals surface area contributed by atoms with Crippen LogP contribution in [0.4, 0.5) is 4.39 Å². The summed E-state index contributed by atoms with van der Waals surface area (Å²) in [6.45, 7) is 0.306. The van der Waals surface area contributed by atoms with Gasteiger partial charge in [-0.25, -0.2) is 9.38 Å². The minimum absolute atomic E-state index is 0.169. The summed E-state index contributed by atoms with van der Waals surface area (Å²) < 4.78 is 21.5. The fraction of sp³-hybridized carbons (Fsp3) is 0.250. The fourth-order valence-electron chi connectivity index (χ4n) is 3.10. The number of carbonyl (C=O) groups excluding carboxylic acids is 2. The lowest BCUT2D eigenvalue weighted by Gasteiger charge is -2.15. The Balaban J connectivity index is 1.38. The molecule has 7 nitrogen and oxygen atoms in total. The van der Waals surface area contributed by atoms with Gasteiger partial charge in [-0.05, 0) is 23.6 Å². The molecule has 1 aromatic heterocycles. The molecule has 0 saturated heterocycles. The smallest absolute Gasteiger partial charge is 0.253 e. The third-order valence-electron chi connectivity index (χ3n) is 4.52. The molecule has 4 rings (SSSR count). The molecule has 0 bridgehead atoms. The monoisotopic (exact) mass is 414 g/mol. The zero-order chi connectivity index (χ0) is 20.4. The Bertz CT molecular complexity index is 1040. The van der Waals surface area contributed by atoms with Crippen LogP contribution in [-0.4, -0.2) is 41.1 Å². The van der Waals surface area contributed by atoms with Crippen LogP contribution < -0.4 is 15.4 Å². The molecule has 0 aliphatic carbocycles. The Kier molecular flexibility index (Phi) is 5.39. The number of rotatable bonds is 4. The summed E-state index contributed by atoms with van der Waals surface area (Å²) >= 11 is 1.45. The number of benzene rings is 1. The predicted molar refractivity (Wildman–Crippen MR) is 109 cm³/mol. The number of amides is 2. The van der Waals surface area contributed by atoms with Gasteiger partial charge in [0.1, 0.15) is 17.4 Å². The van der Waals surface area contributed by atoms with E-state index in [1.165, 1.54) is 17.8 Å². The molecule has 2 aliphatic rings. The highest BCUT2D eigenvalue weighted by Gasteiger charge is 2.20. The average Bonchev–Trinajstić information content (AvgIpc) is 3.35. The first-order chi connectivity index (χ1) is 14.0. The summed E-state index contributed by atoms with van der Waals surface area (Å²) in [6, 6.07) is 4.88. The molecule has 0 atom stereocenters. The SMILES string of the molecule is Cn1ccc(C(=O)NCC(=O)NC2=NC(c3cc(F)c4c(c3)OCC4)=CSC2)c1. The van der Waals surface area contributed by atoms with Crippen LogP contribution in [-0.2, 0) is 18.3 Å². The van der Waals surface area contributed by atoms with Gasteiger partial charge >= 0.3 is 0 Å². The number of aryl methyl sites for hydroxylation is 1. The van der Waals surface area contributed by atoms with E-state index in [-0.39, 0.29) is 24.2 Å². The third-order valence-corrected chi connectivity index (χ3v) is 5.35. The number of halogens is 1. The maximum absolute atomic E-state index is 14.3. The molecule has 2 N–H and O–H groups in total. The van der Waals surface area contributed by atoms with Gasteiger partial charge in [-0.2, -0.15) is 0 Å². The number of nitrogens with zero attached hydrogens (tertiary/aromatic N) is 2.